The van der Waals surface area contributed by atoms with Crippen LogP contribution in [0.2, 0.25) is 0 Å². The van der Waals surface area contributed by atoms with Crippen LogP contribution in [0.3, 0.4) is 0 Å². The van der Waals surface area contributed by atoms with Gasteiger partial charge in [0.05, 0.1) is 0 Å². The molecule has 1 aliphatic rings. The van der Waals surface area contributed by atoms with Gasteiger partial charge in [-0.2, -0.15) is 0 Å². The maximum absolute atomic E-state index is 11.6. The molecule has 1 heterocycles. The lowest BCUT2D eigenvalue weighted by atomic mass is 10.3. The Morgan fingerprint density at radius 3 is 2.89 bits per heavy atom. The Bertz CT molecular complexity index is 455. The van der Waals surface area contributed by atoms with Crippen LogP contribution >= 0.6 is 0 Å². The summed E-state index contributed by atoms with van der Waals surface area (Å²) in [5, 5.41) is 0. The standard InChI is InChI=1S/C14H23N3O/c1-11-8-12(11)9-16(2)6-3-7-17-10-13(15)4-5-14(17)18/h4-5,10-12H,3,6-9,15H2,1-2H3. The van der Waals surface area contributed by atoms with Gasteiger partial charge in [0.1, 0.15) is 0 Å². The largest absolute Gasteiger partial charge is 0.398 e. The van der Waals surface area contributed by atoms with Crippen molar-refractivity contribution in [2.75, 3.05) is 25.9 Å². The van der Waals surface area contributed by atoms with Crippen LogP contribution in [0.5, 0.6) is 0 Å². The number of aromatic nitrogens is 1. The van der Waals surface area contributed by atoms with Crippen molar-refractivity contribution in [3.05, 3.63) is 28.7 Å². The number of nitrogens with two attached hydrogens (primary N) is 1. The third-order valence-electron chi connectivity index (χ3n) is 3.77. The second-order valence-electron chi connectivity index (χ2n) is 5.58. The Morgan fingerprint density at radius 1 is 1.50 bits per heavy atom. The maximum atomic E-state index is 11.6. The van der Waals surface area contributed by atoms with Gasteiger partial charge in [-0.15, -0.1) is 0 Å². The predicted molar refractivity (Wildman–Crippen MR) is 74.5 cm³/mol. The minimum atomic E-state index is 0.0302. The summed E-state index contributed by atoms with van der Waals surface area (Å²) < 4.78 is 1.70. The molecule has 2 atom stereocenters. The zero-order valence-electron chi connectivity index (χ0n) is 11.3. The van der Waals surface area contributed by atoms with E-state index in [2.05, 4.69) is 18.9 Å². The van der Waals surface area contributed by atoms with Crippen molar-refractivity contribution < 1.29 is 0 Å². The molecule has 0 aliphatic heterocycles. The SMILES string of the molecule is CC1CC1CN(C)CCCn1cc(N)ccc1=O. The molecule has 1 aromatic rings. The van der Waals surface area contributed by atoms with E-state index in [0.29, 0.717) is 5.69 Å². The Kier molecular flexibility index (Phi) is 4.07. The molecule has 0 spiro atoms. The van der Waals surface area contributed by atoms with Crippen LogP contribution in [0.1, 0.15) is 19.8 Å². The van der Waals surface area contributed by atoms with E-state index in [1.807, 2.05) is 0 Å². The molecule has 1 fully saturated rings. The summed E-state index contributed by atoms with van der Waals surface area (Å²) in [7, 11) is 2.16. The van der Waals surface area contributed by atoms with Crippen LogP contribution in [0.4, 0.5) is 5.69 Å². The minimum Gasteiger partial charge on any atom is -0.398 e. The third kappa shape index (κ3) is 3.60. The third-order valence-corrected chi connectivity index (χ3v) is 3.77. The van der Waals surface area contributed by atoms with E-state index in [9.17, 15) is 4.79 Å². The van der Waals surface area contributed by atoms with E-state index in [1.54, 1.807) is 16.8 Å². The highest BCUT2D eigenvalue weighted by Crippen LogP contribution is 2.37. The highest BCUT2D eigenvalue weighted by molar-refractivity contribution is 5.33. The van der Waals surface area contributed by atoms with Crippen LogP contribution in [0.25, 0.3) is 0 Å². The molecular weight excluding hydrogens is 226 g/mol. The second-order valence-corrected chi connectivity index (χ2v) is 5.58. The summed E-state index contributed by atoms with van der Waals surface area (Å²) >= 11 is 0. The Labute approximate surface area is 108 Å². The fourth-order valence-corrected chi connectivity index (χ4v) is 2.38. The van der Waals surface area contributed by atoms with Gasteiger partial charge in [-0.1, -0.05) is 6.92 Å². The molecule has 0 saturated heterocycles. The van der Waals surface area contributed by atoms with E-state index in [4.69, 9.17) is 5.73 Å². The first-order valence-electron chi connectivity index (χ1n) is 6.71. The molecule has 0 aromatic carbocycles. The van der Waals surface area contributed by atoms with Gasteiger partial charge in [-0.25, -0.2) is 0 Å². The van der Waals surface area contributed by atoms with E-state index >= 15 is 0 Å². The first-order chi connectivity index (χ1) is 8.56. The summed E-state index contributed by atoms with van der Waals surface area (Å²) in [5.41, 5.74) is 6.36. The van der Waals surface area contributed by atoms with Gasteiger partial charge in [0, 0.05) is 31.0 Å². The van der Waals surface area contributed by atoms with Crippen molar-refractivity contribution in [3.63, 3.8) is 0 Å². The molecule has 18 heavy (non-hydrogen) atoms. The van der Waals surface area contributed by atoms with E-state index < -0.39 is 0 Å². The molecule has 1 aromatic heterocycles. The average molecular weight is 249 g/mol. The summed E-state index contributed by atoms with van der Waals surface area (Å²) in [6, 6.07) is 3.18. The van der Waals surface area contributed by atoms with Crippen LogP contribution in [0, 0.1) is 11.8 Å². The quantitative estimate of drug-likeness (QED) is 0.829. The number of hydrogen-bond donors (Lipinski definition) is 1. The highest BCUT2D eigenvalue weighted by atomic mass is 16.1. The fourth-order valence-electron chi connectivity index (χ4n) is 2.38. The Hall–Kier alpha value is -1.29. The van der Waals surface area contributed by atoms with Crippen LogP contribution in [0.15, 0.2) is 23.1 Å². The number of anilines is 1. The topological polar surface area (TPSA) is 51.3 Å². The van der Waals surface area contributed by atoms with Gasteiger partial charge < -0.3 is 15.2 Å². The minimum absolute atomic E-state index is 0.0302. The van der Waals surface area contributed by atoms with Gasteiger partial charge >= 0.3 is 0 Å². The van der Waals surface area contributed by atoms with Crippen molar-refractivity contribution in [3.8, 4) is 0 Å². The fraction of sp³-hybridized carbons (Fsp3) is 0.643. The average Bonchev–Trinajstić information content (AvgIpc) is 2.99. The van der Waals surface area contributed by atoms with Gasteiger partial charge in [0.2, 0.25) is 0 Å². The van der Waals surface area contributed by atoms with Crippen LogP contribution in [-0.2, 0) is 6.54 Å². The second kappa shape index (κ2) is 5.57. The van der Waals surface area contributed by atoms with Crippen molar-refractivity contribution in [2.45, 2.75) is 26.3 Å². The molecule has 2 rings (SSSR count). The zero-order chi connectivity index (χ0) is 13.1. The molecule has 2 unspecified atom stereocenters. The normalized spacial score (nSPS) is 22.4. The van der Waals surface area contributed by atoms with E-state index in [1.165, 1.54) is 19.0 Å². The highest BCUT2D eigenvalue weighted by Gasteiger charge is 2.32. The molecule has 0 radical (unpaired) electrons. The predicted octanol–water partition coefficient (Wildman–Crippen LogP) is 1.41. The summed E-state index contributed by atoms with van der Waals surface area (Å²) in [4.78, 5) is 13.9. The molecule has 4 heteroatoms. The van der Waals surface area contributed by atoms with Crippen LogP contribution < -0.4 is 11.3 Å². The monoisotopic (exact) mass is 249 g/mol. The number of aryl methyl sites for hydroxylation is 1. The molecule has 1 saturated carbocycles. The van der Waals surface area contributed by atoms with Crippen molar-refractivity contribution >= 4 is 5.69 Å². The van der Waals surface area contributed by atoms with Crippen molar-refractivity contribution in [1.82, 2.24) is 9.47 Å². The first-order valence-corrected chi connectivity index (χ1v) is 6.71. The molecule has 0 amide bonds. The number of pyridine rings is 1. The van der Waals surface area contributed by atoms with Gasteiger partial charge in [0.15, 0.2) is 0 Å². The van der Waals surface area contributed by atoms with Gasteiger partial charge in [0.25, 0.3) is 5.56 Å². The summed E-state index contributed by atoms with van der Waals surface area (Å²) in [5.74, 6) is 1.80. The lowest BCUT2D eigenvalue weighted by Gasteiger charge is -2.16. The lowest BCUT2D eigenvalue weighted by molar-refractivity contribution is 0.303. The van der Waals surface area contributed by atoms with Crippen molar-refractivity contribution in [1.29, 1.82) is 0 Å². The van der Waals surface area contributed by atoms with Gasteiger partial charge in [-0.05, 0) is 44.3 Å². The molecular formula is C14H23N3O. The molecule has 100 valence electrons. The summed E-state index contributed by atoms with van der Waals surface area (Å²) in [6.45, 7) is 5.27. The summed E-state index contributed by atoms with van der Waals surface area (Å²) in [6.07, 6.45) is 4.09. The smallest absolute Gasteiger partial charge is 0.250 e. The first kappa shape index (κ1) is 13.1. The van der Waals surface area contributed by atoms with Crippen LogP contribution in [-0.4, -0.2) is 29.6 Å². The molecule has 2 N–H and O–H groups in total. The number of nitrogens with zero attached hydrogens (tertiary/aromatic N) is 2. The number of nitrogen functional groups attached to an aromatic ring is 1. The van der Waals surface area contributed by atoms with E-state index in [-0.39, 0.29) is 5.56 Å². The Balaban J connectivity index is 1.74. The van der Waals surface area contributed by atoms with E-state index in [0.717, 1.165) is 31.3 Å². The Morgan fingerprint density at radius 2 is 2.22 bits per heavy atom. The van der Waals surface area contributed by atoms with Crippen molar-refractivity contribution in [2.24, 2.45) is 11.8 Å². The molecule has 4 nitrogen and oxygen atoms in total. The number of hydrogen-bond acceptors (Lipinski definition) is 3. The maximum Gasteiger partial charge on any atom is 0.250 e. The zero-order valence-corrected chi connectivity index (χ0v) is 11.3. The lowest BCUT2D eigenvalue weighted by Crippen LogP contribution is -2.25. The van der Waals surface area contributed by atoms with Gasteiger partial charge in [-0.3, -0.25) is 4.79 Å². The molecule has 1 aliphatic carbocycles. The number of rotatable bonds is 6. The molecule has 0 bridgehead atoms.